The van der Waals surface area contributed by atoms with Crippen molar-refractivity contribution in [3.8, 4) is 0 Å². The van der Waals surface area contributed by atoms with Gasteiger partial charge in [-0.1, -0.05) is 24.3 Å². The van der Waals surface area contributed by atoms with Crippen LogP contribution in [-0.2, 0) is 6.42 Å². The molecule has 1 heterocycles. The van der Waals surface area contributed by atoms with Crippen LogP contribution in [0.3, 0.4) is 0 Å². The fourth-order valence-corrected chi connectivity index (χ4v) is 2.97. The van der Waals surface area contributed by atoms with Crippen molar-refractivity contribution in [2.24, 2.45) is 21.5 Å². The molecule has 0 saturated heterocycles. The maximum Gasteiger partial charge on any atom is 0.269 e. The zero-order valence-corrected chi connectivity index (χ0v) is 16.0. The summed E-state index contributed by atoms with van der Waals surface area (Å²) in [5.74, 6) is -0.550. The van der Waals surface area contributed by atoms with E-state index in [1.807, 2.05) is 31.2 Å². The molecule has 2 aromatic carbocycles. The third-order valence-corrected chi connectivity index (χ3v) is 4.58. The van der Waals surface area contributed by atoms with Gasteiger partial charge in [0, 0.05) is 24.2 Å². The first-order valence-electron chi connectivity index (χ1n) is 9.10. The number of aryl methyl sites for hydroxylation is 1. The van der Waals surface area contributed by atoms with Gasteiger partial charge in [-0.25, -0.2) is 9.98 Å². The van der Waals surface area contributed by atoms with E-state index in [-0.39, 0.29) is 17.7 Å². The molecule has 10 heteroatoms. The molecule has 0 aromatic heterocycles. The molecule has 0 fully saturated rings. The third kappa shape index (κ3) is 5.20. The van der Waals surface area contributed by atoms with Crippen LogP contribution in [0.5, 0.6) is 0 Å². The Labute approximate surface area is 168 Å². The van der Waals surface area contributed by atoms with E-state index in [9.17, 15) is 10.1 Å². The first-order valence-corrected chi connectivity index (χ1v) is 9.10. The molecule has 0 bridgehead atoms. The standard InChI is InChI=1S/C19H24N8O2/c1-12(14-4-8-16(9-5-14)27(28)29)23-18-24-17(21)25-19(22,26-18)11-10-13-2-6-15(20)7-3-13/h2-9,12H,10-11,20,22H2,1H3,(H4,21,23,24,25,26)/t12-,19?/m0/s1. The molecule has 0 amide bonds. The number of nitrogens with two attached hydrogens (primary N) is 3. The molecular weight excluding hydrogens is 372 g/mol. The number of hydrogen-bond donors (Lipinski definition) is 5. The normalized spacial score (nSPS) is 21.0. The van der Waals surface area contributed by atoms with Gasteiger partial charge in [-0.3, -0.25) is 21.2 Å². The number of nitrogen functional groups attached to an aromatic ring is 1. The smallest absolute Gasteiger partial charge is 0.269 e. The molecule has 1 aliphatic heterocycles. The van der Waals surface area contributed by atoms with Gasteiger partial charge in [-0.05, 0) is 36.6 Å². The van der Waals surface area contributed by atoms with Crippen molar-refractivity contribution >= 4 is 23.3 Å². The van der Waals surface area contributed by atoms with E-state index >= 15 is 0 Å². The highest BCUT2D eigenvalue weighted by Crippen LogP contribution is 2.21. The maximum atomic E-state index is 10.8. The SMILES string of the molecule is C[C@H](N=C1NC(N)=NC(N)(CCc2ccc(N)cc2)N1)c1ccc([N+](=O)[O-])cc1. The molecule has 1 aliphatic rings. The van der Waals surface area contributed by atoms with Crippen LogP contribution in [0.4, 0.5) is 11.4 Å². The van der Waals surface area contributed by atoms with Crippen molar-refractivity contribution in [1.29, 1.82) is 0 Å². The summed E-state index contributed by atoms with van der Waals surface area (Å²) in [5, 5.41) is 16.8. The fraction of sp³-hybridized carbons (Fsp3) is 0.263. The van der Waals surface area contributed by atoms with Gasteiger partial charge in [0.05, 0.1) is 11.0 Å². The average Bonchev–Trinajstić information content (AvgIpc) is 2.67. The number of anilines is 1. The summed E-state index contributed by atoms with van der Waals surface area (Å²) in [6.45, 7) is 1.87. The molecule has 2 atom stereocenters. The molecule has 152 valence electrons. The van der Waals surface area contributed by atoms with Crippen molar-refractivity contribution in [2.75, 3.05) is 5.73 Å². The maximum absolute atomic E-state index is 10.8. The molecule has 8 N–H and O–H groups in total. The molecule has 0 spiro atoms. The Morgan fingerprint density at radius 1 is 1.17 bits per heavy atom. The van der Waals surface area contributed by atoms with E-state index in [4.69, 9.17) is 17.2 Å². The monoisotopic (exact) mass is 396 g/mol. The van der Waals surface area contributed by atoms with E-state index < -0.39 is 10.7 Å². The lowest BCUT2D eigenvalue weighted by molar-refractivity contribution is -0.384. The number of hydrogen-bond acceptors (Lipinski definition) is 7. The number of non-ortho nitro benzene ring substituents is 1. The molecule has 10 nitrogen and oxygen atoms in total. The second-order valence-corrected chi connectivity index (χ2v) is 6.92. The highest BCUT2D eigenvalue weighted by Gasteiger charge is 2.30. The summed E-state index contributed by atoms with van der Waals surface area (Å²) < 4.78 is 0. The summed E-state index contributed by atoms with van der Waals surface area (Å²) >= 11 is 0. The minimum absolute atomic E-state index is 0.0301. The van der Waals surface area contributed by atoms with Gasteiger partial charge >= 0.3 is 0 Å². The number of nitro groups is 1. The number of nitrogens with zero attached hydrogens (tertiary/aromatic N) is 3. The zero-order chi connectivity index (χ0) is 21.0. The Bertz CT molecular complexity index is 940. The second kappa shape index (κ2) is 8.15. The first kappa shape index (κ1) is 20.1. The van der Waals surface area contributed by atoms with Crippen LogP contribution in [0, 0.1) is 10.1 Å². The van der Waals surface area contributed by atoms with Crippen molar-refractivity contribution in [2.45, 2.75) is 31.6 Å². The van der Waals surface area contributed by atoms with Crippen molar-refractivity contribution in [3.63, 3.8) is 0 Å². The number of benzene rings is 2. The van der Waals surface area contributed by atoms with E-state index in [1.165, 1.54) is 12.1 Å². The van der Waals surface area contributed by atoms with Crippen molar-refractivity contribution in [1.82, 2.24) is 10.6 Å². The molecular formula is C19H24N8O2. The summed E-state index contributed by atoms with van der Waals surface area (Å²) in [5.41, 5.74) is 20.6. The third-order valence-electron chi connectivity index (χ3n) is 4.58. The Kier molecular flexibility index (Phi) is 5.64. The predicted molar refractivity (Wildman–Crippen MR) is 113 cm³/mol. The van der Waals surface area contributed by atoms with E-state index in [2.05, 4.69) is 20.6 Å². The van der Waals surface area contributed by atoms with Gasteiger partial charge in [0.2, 0.25) is 5.96 Å². The molecule has 3 rings (SSSR count). The van der Waals surface area contributed by atoms with Crippen LogP contribution in [0.15, 0.2) is 58.5 Å². The molecule has 29 heavy (non-hydrogen) atoms. The summed E-state index contributed by atoms with van der Waals surface area (Å²) in [7, 11) is 0. The van der Waals surface area contributed by atoms with Crippen LogP contribution >= 0.6 is 0 Å². The summed E-state index contributed by atoms with van der Waals surface area (Å²) in [6, 6.07) is 13.5. The molecule has 1 unspecified atom stereocenters. The van der Waals surface area contributed by atoms with Crippen molar-refractivity contribution < 1.29 is 4.92 Å². The Hall–Kier alpha value is -3.66. The van der Waals surface area contributed by atoms with E-state index in [0.29, 0.717) is 24.5 Å². The number of aliphatic imine (C=N–C) groups is 2. The van der Waals surface area contributed by atoms with Gasteiger partial charge in [0.15, 0.2) is 11.7 Å². The highest BCUT2D eigenvalue weighted by molar-refractivity contribution is 6.00. The highest BCUT2D eigenvalue weighted by atomic mass is 16.6. The molecule has 0 radical (unpaired) electrons. The van der Waals surface area contributed by atoms with Gasteiger partial charge in [0.25, 0.3) is 5.69 Å². The van der Waals surface area contributed by atoms with Gasteiger partial charge in [-0.2, -0.15) is 0 Å². The van der Waals surface area contributed by atoms with Crippen molar-refractivity contribution in [3.05, 3.63) is 69.8 Å². The minimum Gasteiger partial charge on any atom is -0.399 e. The first-order chi connectivity index (χ1) is 13.7. The minimum atomic E-state index is -1.11. The van der Waals surface area contributed by atoms with Crippen LogP contribution in [-0.4, -0.2) is 22.6 Å². The molecule has 2 aromatic rings. The Balaban J connectivity index is 1.70. The Morgan fingerprint density at radius 3 is 2.45 bits per heavy atom. The van der Waals surface area contributed by atoms with Gasteiger partial charge in [0.1, 0.15) is 0 Å². The zero-order valence-electron chi connectivity index (χ0n) is 16.0. The Morgan fingerprint density at radius 2 is 1.83 bits per heavy atom. The van der Waals surface area contributed by atoms with Crippen LogP contribution < -0.4 is 27.8 Å². The molecule has 0 saturated carbocycles. The quantitative estimate of drug-likeness (QED) is 0.279. The number of guanidine groups is 2. The fourth-order valence-electron chi connectivity index (χ4n) is 2.97. The van der Waals surface area contributed by atoms with E-state index in [0.717, 1.165) is 11.1 Å². The lowest BCUT2D eigenvalue weighted by atomic mass is 10.1. The van der Waals surface area contributed by atoms with Gasteiger partial charge < -0.3 is 16.8 Å². The van der Waals surface area contributed by atoms with E-state index in [1.54, 1.807) is 12.1 Å². The number of nitrogens with one attached hydrogen (secondary N) is 2. The summed E-state index contributed by atoms with van der Waals surface area (Å²) in [4.78, 5) is 19.2. The van der Waals surface area contributed by atoms with Gasteiger partial charge in [-0.15, -0.1) is 0 Å². The van der Waals surface area contributed by atoms with Crippen LogP contribution in [0.25, 0.3) is 0 Å². The largest absolute Gasteiger partial charge is 0.399 e. The lowest BCUT2D eigenvalue weighted by Gasteiger charge is -2.33. The average molecular weight is 396 g/mol. The van der Waals surface area contributed by atoms with Crippen LogP contribution in [0.2, 0.25) is 0 Å². The number of rotatable bonds is 6. The predicted octanol–water partition coefficient (Wildman–Crippen LogP) is 1.35. The number of nitro benzene ring substituents is 1. The second-order valence-electron chi connectivity index (χ2n) is 6.92. The summed E-state index contributed by atoms with van der Waals surface area (Å²) in [6.07, 6.45) is 1.16. The lowest BCUT2D eigenvalue weighted by Crippen LogP contribution is -2.64. The molecule has 0 aliphatic carbocycles. The topological polar surface area (TPSA) is 170 Å². The van der Waals surface area contributed by atoms with Crippen LogP contribution in [0.1, 0.15) is 30.5 Å².